The van der Waals surface area contributed by atoms with Crippen LogP contribution in [0.15, 0.2) is 94.9 Å². The second kappa shape index (κ2) is 17.4. The van der Waals surface area contributed by atoms with Crippen molar-refractivity contribution in [2.75, 3.05) is 43.9 Å². The van der Waals surface area contributed by atoms with Crippen molar-refractivity contribution in [2.45, 2.75) is 0 Å². The van der Waals surface area contributed by atoms with Crippen LogP contribution in [-0.4, -0.2) is 61.9 Å². The van der Waals surface area contributed by atoms with Gasteiger partial charge in [-0.1, -0.05) is 24.3 Å². The number of nitrogens with zero attached hydrogens (tertiary/aromatic N) is 2. The summed E-state index contributed by atoms with van der Waals surface area (Å²) in [5.41, 5.74) is 5.20. The van der Waals surface area contributed by atoms with E-state index >= 15 is 0 Å². The summed E-state index contributed by atoms with van der Waals surface area (Å²) < 4.78 is 0. The fourth-order valence-electron chi connectivity index (χ4n) is 4.04. The fraction of sp³-hybridized carbons (Fsp3) is 0.161. The lowest BCUT2D eigenvalue weighted by atomic mass is 10.1. The first-order valence-corrected chi connectivity index (χ1v) is 12.9. The van der Waals surface area contributed by atoms with Gasteiger partial charge < -0.3 is 26.4 Å². The molecule has 2 amide bonds. The maximum Gasteiger partial charge on any atom is 0.248 e. The standard InChI is InChI=1S/C30H28N6O2.CH4O.2ClH/c37-27(35-25-11-7-23(8-12-25)29-31-17-18-32-29)15-5-21-1-2-22(4-3-21)6-16-28(38)36-26-13-9-24(10-14-26)30-33-19-20-34-30;1-2;;/h1-16H,17-20H2,(H,31,32)(H,33,34)(H,35,37)(H,36,38);2H,1H3;2*1H/b15-5+,16-6+;;;. The number of aliphatic imine (C=N–C) groups is 2. The van der Waals surface area contributed by atoms with Crippen molar-refractivity contribution in [3.8, 4) is 0 Å². The van der Waals surface area contributed by atoms with Crippen molar-refractivity contribution in [2.24, 2.45) is 9.98 Å². The van der Waals surface area contributed by atoms with E-state index in [2.05, 4.69) is 31.3 Å². The molecule has 5 N–H and O–H groups in total. The molecule has 2 heterocycles. The summed E-state index contributed by atoms with van der Waals surface area (Å²) in [4.78, 5) is 33.4. The minimum Gasteiger partial charge on any atom is -0.400 e. The minimum absolute atomic E-state index is 0. The van der Waals surface area contributed by atoms with Crippen molar-refractivity contribution < 1.29 is 14.7 Å². The maximum atomic E-state index is 12.3. The molecule has 0 saturated heterocycles. The molecular formula is C31H34Cl2N6O3. The number of amides is 2. The first-order chi connectivity index (χ1) is 19.6. The van der Waals surface area contributed by atoms with E-state index in [4.69, 9.17) is 5.11 Å². The topological polar surface area (TPSA) is 127 Å². The molecule has 0 fully saturated rings. The Morgan fingerprint density at radius 1 is 0.643 bits per heavy atom. The average Bonchev–Trinajstić information content (AvgIpc) is 3.73. The highest BCUT2D eigenvalue weighted by Gasteiger charge is 2.09. The summed E-state index contributed by atoms with van der Waals surface area (Å²) >= 11 is 0. The molecular weight excluding hydrogens is 575 g/mol. The first kappa shape index (κ1) is 33.8. The van der Waals surface area contributed by atoms with Crippen LogP contribution in [0.5, 0.6) is 0 Å². The van der Waals surface area contributed by atoms with Crippen LogP contribution in [0.3, 0.4) is 0 Å². The lowest BCUT2D eigenvalue weighted by Crippen LogP contribution is -2.19. The number of amidine groups is 2. The number of hydrogen-bond acceptors (Lipinski definition) is 7. The van der Waals surface area contributed by atoms with Crippen molar-refractivity contribution in [1.82, 2.24) is 10.6 Å². The summed E-state index contributed by atoms with van der Waals surface area (Å²) in [5.74, 6) is 1.35. The van der Waals surface area contributed by atoms with Gasteiger partial charge in [-0.05, 0) is 71.8 Å². The van der Waals surface area contributed by atoms with Gasteiger partial charge in [0.05, 0.1) is 13.1 Å². The Morgan fingerprint density at radius 3 is 1.31 bits per heavy atom. The van der Waals surface area contributed by atoms with Gasteiger partial charge in [0.15, 0.2) is 0 Å². The van der Waals surface area contributed by atoms with Crippen LogP contribution in [-0.2, 0) is 9.59 Å². The van der Waals surface area contributed by atoms with Crippen LogP contribution >= 0.6 is 24.8 Å². The highest BCUT2D eigenvalue weighted by Crippen LogP contribution is 2.14. The third-order valence-corrected chi connectivity index (χ3v) is 5.99. The Bertz CT molecular complexity index is 1320. The highest BCUT2D eigenvalue weighted by molar-refractivity contribution is 6.04. The molecule has 3 aromatic carbocycles. The number of aliphatic hydroxyl groups excluding tert-OH is 1. The van der Waals surface area contributed by atoms with Gasteiger partial charge in [-0.3, -0.25) is 19.6 Å². The van der Waals surface area contributed by atoms with Crippen LogP contribution in [0.4, 0.5) is 11.4 Å². The zero-order valence-corrected chi connectivity index (χ0v) is 24.7. The molecule has 3 aromatic rings. The van der Waals surface area contributed by atoms with E-state index in [9.17, 15) is 9.59 Å². The van der Waals surface area contributed by atoms with Gasteiger partial charge in [0.1, 0.15) is 11.7 Å². The predicted octanol–water partition coefficient (Wildman–Crippen LogP) is 4.14. The quantitative estimate of drug-likeness (QED) is 0.246. The van der Waals surface area contributed by atoms with Gasteiger partial charge in [0, 0.05) is 54.9 Å². The molecule has 0 saturated carbocycles. The Labute approximate surface area is 257 Å². The number of hydrogen-bond donors (Lipinski definition) is 5. The molecule has 42 heavy (non-hydrogen) atoms. The van der Waals surface area contributed by atoms with Crippen molar-refractivity contribution in [3.63, 3.8) is 0 Å². The number of anilines is 2. The molecule has 0 atom stereocenters. The summed E-state index contributed by atoms with van der Waals surface area (Å²) in [5, 5.41) is 19.2. The summed E-state index contributed by atoms with van der Waals surface area (Å²) in [6.07, 6.45) is 6.49. The Morgan fingerprint density at radius 2 is 1.00 bits per heavy atom. The SMILES string of the molecule is CO.Cl.Cl.O=C(/C=C/c1ccc(/C=C/C(=O)Nc2ccc(C3=NCCN3)cc2)cc1)Nc1ccc(C2=NCCN2)cc1. The summed E-state index contributed by atoms with van der Waals surface area (Å²) in [6.45, 7) is 3.29. The maximum absolute atomic E-state index is 12.3. The number of rotatable bonds is 8. The molecule has 11 heteroatoms. The molecule has 5 rings (SSSR count). The van der Waals surface area contributed by atoms with E-state index in [0.717, 1.165) is 78.6 Å². The van der Waals surface area contributed by atoms with E-state index in [-0.39, 0.29) is 36.6 Å². The van der Waals surface area contributed by atoms with Gasteiger partial charge in [-0.2, -0.15) is 0 Å². The zero-order chi connectivity index (χ0) is 28.2. The Hall–Kier alpha value is -4.44. The van der Waals surface area contributed by atoms with Gasteiger partial charge >= 0.3 is 0 Å². The highest BCUT2D eigenvalue weighted by atomic mass is 35.5. The molecule has 2 aliphatic rings. The van der Waals surface area contributed by atoms with Crippen LogP contribution in [0.2, 0.25) is 0 Å². The molecule has 0 aromatic heterocycles. The monoisotopic (exact) mass is 608 g/mol. The van der Waals surface area contributed by atoms with Crippen LogP contribution in [0, 0.1) is 0 Å². The average molecular weight is 610 g/mol. The molecule has 9 nitrogen and oxygen atoms in total. The van der Waals surface area contributed by atoms with Crippen LogP contribution in [0.1, 0.15) is 22.3 Å². The van der Waals surface area contributed by atoms with E-state index < -0.39 is 0 Å². The van der Waals surface area contributed by atoms with E-state index in [1.807, 2.05) is 72.8 Å². The molecule has 0 bridgehead atoms. The van der Waals surface area contributed by atoms with E-state index in [1.54, 1.807) is 12.2 Å². The Kier molecular flexibility index (Phi) is 14.0. The minimum atomic E-state index is -0.213. The summed E-state index contributed by atoms with van der Waals surface area (Å²) in [6, 6.07) is 22.7. The third kappa shape index (κ3) is 9.88. The first-order valence-electron chi connectivity index (χ1n) is 12.9. The number of aliphatic hydroxyl groups is 1. The Balaban J connectivity index is 0.00000151. The number of benzene rings is 3. The number of carbonyl (C=O) groups excluding carboxylic acids is 2. The van der Waals surface area contributed by atoms with Crippen LogP contribution in [0.25, 0.3) is 12.2 Å². The van der Waals surface area contributed by atoms with E-state index in [1.165, 1.54) is 12.2 Å². The second-order valence-electron chi connectivity index (χ2n) is 8.78. The number of halogens is 2. The van der Waals surface area contributed by atoms with Crippen LogP contribution < -0.4 is 21.3 Å². The molecule has 0 unspecified atom stereocenters. The van der Waals surface area contributed by atoms with Gasteiger partial charge in [-0.15, -0.1) is 24.8 Å². The van der Waals surface area contributed by atoms with E-state index in [0.29, 0.717) is 0 Å². The predicted molar refractivity (Wildman–Crippen MR) is 176 cm³/mol. The van der Waals surface area contributed by atoms with Gasteiger partial charge in [-0.25, -0.2) is 0 Å². The molecule has 2 aliphatic heterocycles. The lowest BCUT2D eigenvalue weighted by Gasteiger charge is -2.05. The lowest BCUT2D eigenvalue weighted by molar-refractivity contribution is -0.112. The summed E-state index contributed by atoms with van der Waals surface area (Å²) in [7, 11) is 1.00. The van der Waals surface area contributed by atoms with Gasteiger partial charge in [0.2, 0.25) is 11.8 Å². The number of carbonyl (C=O) groups is 2. The smallest absolute Gasteiger partial charge is 0.248 e. The molecule has 220 valence electrons. The fourth-order valence-corrected chi connectivity index (χ4v) is 4.04. The molecule has 0 spiro atoms. The normalized spacial score (nSPS) is 13.4. The zero-order valence-electron chi connectivity index (χ0n) is 23.0. The van der Waals surface area contributed by atoms with Crippen molar-refractivity contribution in [3.05, 3.63) is 107 Å². The van der Waals surface area contributed by atoms with Gasteiger partial charge in [0.25, 0.3) is 0 Å². The molecule has 0 radical (unpaired) electrons. The van der Waals surface area contributed by atoms with Crippen molar-refractivity contribution in [1.29, 1.82) is 0 Å². The third-order valence-electron chi connectivity index (χ3n) is 5.99. The van der Waals surface area contributed by atoms with Crippen molar-refractivity contribution >= 4 is 71.8 Å². The largest absolute Gasteiger partial charge is 0.400 e. The second-order valence-corrected chi connectivity index (χ2v) is 8.78. The number of nitrogens with one attached hydrogen (secondary N) is 4. The molecule has 0 aliphatic carbocycles.